The predicted molar refractivity (Wildman–Crippen MR) is 54.0 cm³/mol. The first-order valence-corrected chi connectivity index (χ1v) is 4.98. The maximum Gasteiger partial charge on any atom is 0.0991 e. The summed E-state index contributed by atoms with van der Waals surface area (Å²) in [6.45, 7) is 1.70. The fourth-order valence-corrected chi connectivity index (χ4v) is 1.89. The van der Waals surface area contributed by atoms with Crippen LogP contribution in [-0.2, 0) is 4.74 Å². The molecular weight excluding hydrogens is 174 g/mol. The second kappa shape index (κ2) is 4.26. The van der Waals surface area contributed by atoms with E-state index in [1.165, 1.54) is 5.56 Å². The van der Waals surface area contributed by atoms with E-state index >= 15 is 0 Å². The van der Waals surface area contributed by atoms with Gasteiger partial charge in [-0.05, 0) is 36.5 Å². The van der Waals surface area contributed by atoms with E-state index in [4.69, 9.17) is 10.00 Å². The third-order valence-electron chi connectivity index (χ3n) is 2.71. The molecule has 2 heteroatoms. The maximum absolute atomic E-state index is 8.79. The molecule has 0 amide bonds. The molecule has 1 aliphatic rings. The van der Waals surface area contributed by atoms with Gasteiger partial charge in [0.15, 0.2) is 0 Å². The third-order valence-corrected chi connectivity index (χ3v) is 2.71. The summed E-state index contributed by atoms with van der Waals surface area (Å²) in [5, 5.41) is 8.79. The second-order valence-corrected chi connectivity index (χ2v) is 3.62. The minimum Gasteiger partial charge on any atom is -0.381 e. The second-order valence-electron chi connectivity index (χ2n) is 3.62. The van der Waals surface area contributed by atoms with Gasteiger partial charge in [-0.1, -0.05) is 12.1 Å². The van der Waals surface area contributed by atoms with Crippen LogP contribution in [0.5, 0.6) is 0 Å². The van der Waals surface area contributed by atoms with Crippen molar-refractivity contribution in [2.45, 2.75) is 18.8 Å². The number of nitriles is 1. The van der Waals surface area contributed by atoms with Crippen molar-refractivity contribution in [1.82, 2.24) is 0 Å². The molecule has 0 aliphatic carbocycles. The first-order chi connectivity index (χ1) is 6.90. The van der Waals surface area contributed by atoms with Gasteiger partial charge in [0.2, 0.25) is 0 Å². The van der Waals surface area contributed by atoms with E-state index in [1.54, 1.807) is 0 Å². The molecule has 1 aromatic rings. The quantitative estimate of drug-likeness (QED) is 0.676. The molecule has 0 unspecified atom stereocenters. The molecule has 0 aromatic heterocycles. The van der Waals surface area contributed by atoms with E-state index in [0.717, 1.165) is 31.6 Å². The Kier molecular flexibility index (Phi) is 2.81. The summed E-state index contributed by atoms with van der Waals surface area (Å²) >= 11 is 0. The fraction of sp³-hybridized carbons (Fsp3) is 0.417. The third kappa shape index (κ3) is 1.94. The number of benzene rings is 1. The minimum absolute atomic E-state index is 0.581. The van der Waals surface area contributed by atoms with Crippen molar-refractivity contribution in [2.75, 3.05) is 13.2 Å². The minimum atomic E-state index is 0.581. The molecule has 1 fully saturated rings. The van der Waals surface area contributed by atoms with Crippen LogP contribution < -0.4 is 0 Å². The van der Waals surface area contributed by atoms with Gasteiger partial charge in [-0.2, -0.15) is 5.26 Å². The van der Waals surface area contributed by atoms with Crippen LogP contribution in [0.15, 0.2) is 24.3 Å². The van der Waals surface area contributed by atoms with Gasteiger partial charge in [0.05, 0.1) is 11.6 Å². The van der Waals surface area contributed by atoms with Gasteiger partial charge in [-0.3, -0.25) is 0 Å². The zero-order valence-corrected chi connectivity index (χ0v) is 8.07. The molecule has 1 saturated heterocycles. The maximum atomic E-state index is 8.79. The SMILES string of the molecule is N#Cc1cccc(C2CCOCC2)c1. The summed E-state index contributed by atoms with van der Waals surface area (Å²) in [5.74, 6) is 0.581. The Balaban J connectivity index is 2.18. The van der Waals surface area contributed by atoms with Crippen LogP contribution in [0.3, 0.4) is 0 Å². The average Bonchev–Trinajstić information content (AvgIpc) is 2.30. The van der Waals surface area contributed by atoms with E-state index in [-0.39, 0.29) is 0 Å². The Bertz CT molecular complexity index is 348. The summed E-state index contributed by atoms with van der Waals surface area (Å²) in [6, 6.07) is 10.1. The van der Waals surface area contributed by atoms with Crippen molar-refractivity contribution in [3.8, 4) is 6.07 Å². The highest BCUT2D eigenvalue weighted by Gasteiger charge is 2.15. The molecule has 14 heavy (non-hydrogen) atoms. The first-order valence-electron chi connectivity index (χ1n) is 4.98. The lowest BCUT2D eigenvalue weighted by atomic mass is 9.91. The van der Waals surface area contributed by atoms with Crippen LogP contribution in [-0.4, -0.2) is 13.2 Å². The molecule has 0 saturated carbocycles. The number of rotatable bonds is 1. The van der Waals surface area contributed by atoms with Crippen LogP contribution in [0.25, 0.3) is 0 Å². The molecule has 0 radical (unpaired) electrons. The van der Waals surface area contributed by atoms with Gasteiger partial charge < -0.3 is 4.74 Å². The van der Waals surface area contributed by atoms with Crippen LogP contribution in [0, 0.1) is 11.3 Å². The standard InChI is InChI=1S/C12H13NO/c13-9-10-2-1-3-12(8-10)11-4-6-14-7-5-11/h1-3,8,11H,4-7H2. The lowest BCUT2D eigenvalue weighted by Gasteiger charge is -2.22. The molecule has 2 nitrogen and oxygen atoms in total. The van der Waals surface area contributed by atoms with Gasteiger partial charge in [0, 0.05) is 13.2 Å². The summed E-state index contributed by atoms with van der Waals surface area (Å²) in [4.78, 5) is 0. The summed E-state index contributed by atoms with van der Waals surface area (Å²) in [5.41, 5.74) is 2.04. The average molecular weight is 187 g/mol. The Morgan fingerprint density at radius 1 is 1.29 bits per heavy atom. The van der Waals surface area contributed by atoms with Gasteiger partial charge in [0.1, 0.15) is 0 Å². The van der Waals surface area contributed by atoms with Crippen molar-refractivity contribution in [3.05, 3.63) is 35.4 Å². The highest BCUT2D eigenvalue weighted by atomic mass is 16.5. The van der Waals surface area contributed by atoms with Crippen molar-refractivity contribution in [3.63, 3.8) is 0 Å². The molecule has 0 bridgehead atoms. The molecule has 2 rings (SSSR count). The molecule has 1 aliphatic heterocycles. The molecule has 0 atom stereocenters. The summed E-state index contributed by atoms with van der Waals surface area (Å²) < 4.78 is 5.31. The Morgan fingerprint density at radius 3 is 2.79 bits per heavy atom. The number of hydrogen-bond donors (Lipinski definition) is 0. The molecule has 0 spiro atoms. The molecule has 1 heterocycles. The topological polar surface area (TPSA) is 33.0 Å². The van der Waals surface area contributed by atoms with E-state index in [1.807, 2.05) is 18.2 Å². The van der Waals surface area contributed by atoms with E-state index in [2.05, 4.69) is 12.1 Å². The van der Waals surface area contributed by atoms with Crippen molar-refractivity contribution in [1.29, 1.82) is 5.26 Å². The molecule has 0 N–H and O–H groups in total. The first kappa shape index (κ1) is 9.23. The highest BCUT2D eigenvalue weighted by Crippen LogP contribution is 2.26. The lowest BCUT2D eigenvalue weighted by molar-refractivity contribution is 0.0853. The molecule has 72 valence electrons. The normalized spacial score (nSPS) is 17.6. The zero-order chi connectivity index (χ0) is 9.80. The zero-order valence-electron chi connectivity index (χ0n) is 8.07. The fourth-order valence-electron chi connectivity index (χ4n) is 1.89. The summed E-state index contributed by atoms with van der Waals surface area (Å²) in [6.07, 6.45) is 2.16. The van der Waals surface area contributed by atoms with Crippen molar-refractivity contribution >= 4 is 0 Å². The lowest BCUT2D eigenvalue weighted by Crippen LogP contribution is -2.14. The van der Waals surface area contributed by atoms with Crippen LogP contribution in [0.2, 0.25) is 0 Å². The van der Waals surface area contributed by atoms with Gasteiger partial charge in [-0.15, -0.1) is 0 Å². The van der Waals surface area contributed by atoms with Crippen LogP contribution in [0.1, 0.15) is 29.9 Å². The smallest absolute Gasteiger partial charge is 0.0991 e. The Morgan fingerprint density at radius 2 is 2.07 bits per heavy atom. The molecule has 1 aromatic carbocycles. The van der Waals surface area contributed by atoms with Gasteiger partial charge in [0.25, 0.3) is 0 Å². The highest BCUT2D eigenvalue weighted by molar-refractivity contribution is 5.34. The van der Waals surface area contributed by atoms with Gasteiger partial charge >= 0.3 is 0 Å². The summed E-state index contributed by atoms with van der Waals surface area (Å²) in [7, 11) is 0. The van der Waals surface area contributed by atoms with Crippen LogP contribution >= 0.6 is 0 Å². The predicted octanol–water partition coefficient (Wildman–Crippen LogP) is 2.45. The number of nitrogens with zero attached hydrogens (tertiary/aromatic N) is 1. The van der Waals surface area contributed by atoms with Crippen molar-refractivity contribution < 1.29 is 4.74 Å². The molecular formula is C12H13NO. The number of hydrogen-bond acceptors (Lipinski definition) is 2. The van der Waals surface area contributed by atoms with Crippen molar-refractivity contribution in [2.24, 2.45) is 0 Å². The van der Waals surface area contributed by atoms with E-state index in [9.17, 15) is 0 Å². The largest absolute Gasteiger partial charge is 0.381 e. The van der Waals surface area contributed by atoms with E-state index in [0.29, 0.717) is 5.92 Å². The Labute approximate surface area is 84.1 Å². The number of ether oxygens (including phenoxy) is 1. The monoisotopic (exact) mass is 187 g/mol. The Hall–Kier alpha value is -1.33. The van der Waals surface area contributed by atoms with E-state index < -0.39 is 0 Å². The van der Waals surface area contributed by atoms with Gasteiger partial charge in [-0.25, -0.2) is 0 Å². The van der Waals surface area contributed by atoms with Crippen LogP contribution in [0.4, 0.5) is 0 Å².